The molecular formula is C15H18N2O3. The minimum atomic E-state index is -0.393. The zero-order valence-corrected chi connectivity index (χ0v) is 11.9. The van der Waals surface area contributed by atoms with Gasteiger partial charge in [-0.25, -0.2) is 4.79 Å². The predicted octanol–water partition coefficient (Wildman–Crippen LogP) is 2.34. The van der Waals surface area contributed by atoms with E-state index in [0.29, 0.717) is 12.5 Å². The van der Waals surface area contributed by atoms with Gasteiger partial charge in [-0.15, -0.1) is 5.10 Å². The quantitative estimate of drug-likeness (QED) is 0.785. The number of rotatable bonds is 5. The Balaban J connectivity index is 2.14. The van der Waals surface area contributed by atoms with Gasteiger partial charge in [0.1, 0.15) is 0 Å². The standard InChI is InChI=1S/C15H18N2O3/c1-4-19-15(18)10-20-14-9-13(17(3)16-14)12-8-6-5-7-11(12)2/h5-9H,4,10H2,1-3H3. The fraction of sp³-hybridized carbons (Fsp3) is 0.333. The van der Waals surface area contributed by atoms with Crippen LogP contribution in [0.3, 0.4) is 0 Å². The lowest BCUT2D eigenvalue weighted by molar-refractivity contribution is -0.145. The molecule has 1 aromatic heterocycles. The molecule has 2 aromatic rings. The summed E-state index contributed by atoms with van der Waals surface area (Å²) in [7, 11) is 1.85. The van der Waals surface area contributed by atoms with Gasteiger partial charge in [-0.3, -0.25) is 4.68 Å². The number of ether oxygens (including phenoxy) is 2. The van der Waals surface area contributed by atoms with Crippen molar-refractivity contribution in [2.75, 3.05) is 13.2 Å². The molecule has 0 saturated heterocycles. The summed E-state index contributed by atoms with van der Waals surface area (Å²) in [5.74, 6) is 0.0226. The first-order valence-electron chi connectivity index (χ1n) is 6.50. The first-order chi connectivity index (χ1) is 9.61. The molecule has 20 heavy (non-hydrogen) atoms. The lowest BCUT2D eigenvalue weighted by Crippen LogP contribution is -2.14. The Labute approximate surface area is 118 Å². The summed E-state index contributed by atoms with van der Waals surface area (Å²) in [6, 6.07) is 9.87. The highest BCUT2D eigenvalue weighted by atomic mass is 16.6. The Morgan fingerprint density at radius 2 is 2.10 bits per heavy atom. The number of esters is 1. The summed E-state index contributed by atoms with van der Waals surface area (Å²) in [4.78, 5) is 11.3. The van der Waals surface area contributed by atoms with Gasteiger partial charge in [0.25, 0.3) is 0 Å². The Bertz CT molecular complexity index is 605. The Morgan fingerprint density at radius 1 is 1.35 bits per heavy atom. The van der Waals surface area contributed by atoms with E-state index >= 15 is 0 Å². The summed E-state index contributed by atoms with van der Waals surface area (Å²) in [6.07, 6.45) is 0. The SMILES string of the molecule is CCOC(=O)COc1cc(-c2ccccc2C)n(C)n1. The van der Waals surface area contributed by atoms with Gasteiger partial charge in [0.2, 0.25) is 5.88 Å². The number of hydrogen-bond acceptors (Lipinski definition) is 4. The van der Waals surface area contributed by atoms with Crippen molar-refractivity contribution in [3.8, 4) is 17.1 Å². The molecule has 0 atom stereocenters. The number of aryl methyl sites for hydroxylation is 2. The second-order valence-electron chi connectivity index (χ2n) is 4.40. The topological polar surface area (TPSA) is 53.4 Å². The first-order valence-corrected chi connectivity index (χ1v) is 6.50. The smallest absolute Gasteiger partial charge is 0.344 e. The first kappa shape index (κ1) is 14.1. The molecule has 0 N–H and O–H groups in total. The zero-order valence-electron chi connectivity index (χ0n) is 11.9. The van der Waals surface area contributed by atoms with Crippen LogP contribution in [0.25, 0.3) is 11.3 Å². The van der Waals surface area contributed by atoms with Crippen molar-refractivity contribution in [2.24, 2.45) is 7.05 Å². The number of carbonyl (C=O) groups is 1. The maximum atomic E-state index is 11.3. The average molecular weight is 274 g/mol. The van der Waals surface area contributed by atoms with Crippen LogP contribution < -0.4 is 4.74 Å². The minimum absolute atomic E-state index is 0.127. The highest BCUT2D eigenvalue weighted by Crippen LogP contribution is 2.25. The number of carbonyl (C=O) groups excluding carboxylic acids is 1. The van der Waals surface area contributed by atoms with Crippen LogP contribution in [0.1, 0.15) is 12.5 Å². The molecule has 0 amide bonds. The molecule has 5 heteroatoms. The van der Waals surface area contributed by atoms with Crippen LogP contribution in [0.5, 0.6) is 5.88 Å². The number of benzene rings is 1. The van der Waals surface area contributed by atoms with Crippen molar-refractivity contribution >= 4 is 5.97 Å². The third kappa shape index (κ3) is 3.17. The largest absolute Gasteiger partial charge is 0.465 e. The van der Waals surface area contributed by atoms with Gasteiger partial charge in [0.05, 0.1) is 12.3 Å². The molecule has 2 rings (SSSR count). The molecule has 0 radical (unpaired) electrons. The van der Waals surface area contributed by atoms with E-state index in [2.05, 4.69) is 5.10 Å². The molecular weight excluding hydrogens is 256 g/mol. The predicted molar refractivity (Wildman–Crippen MR) is 75.5 cm³/mol. The fourth-order valence-corrected chi connectivity index (χ4v) is 1.96. The van der Waals surface area contributed by atoms with Crippen LogP contribution in [0.15, 0.2) is 30.3 Å². The van der Waals surface area contributed by atoms with E-state index in [9.17, 15) is 4.79 Å². The van der Waals surface area contributed by atoms with Crippen molar-refractivity contribution in [1.82, 2.24) is 9.78 Å². The number of aromatic nitrogens is 2. The molecule has 0 unspecified atom stereocenters. The highest BCUT2D eigenvalue weighted by Gasteiger charge is 2.11. The summed E-state index contributed by atoms with van der Waals surface area (Å²) >= 11 is 0. The number of nitrogens with zero attached hydrogens (tertiary/aromatic N) is 2. The maximum Gasteiger partial charge on any atom is 0.344 e. The molecule has 0 fully saturated rings. The van der Waals surface area contributed by atoms with Crippen LogP contribution in [0.4, 0.5) is 0 Å². The molecule has 1 aromatic carbocycles. The van der Waals surface area contributed by atoms with Crippen molar-refractivity contribution in [2.45, 2.75) is 13.8 Å². The van der Waals surface area contributed by atoms with Gasteiger partial charge in [-0.2, -0.15) is 0 Å². The van der Waals surface area contributed by atoms with Crippen molar-refractivity contribution in [3.63, 3.8) is 0 Å². The molecule has 0 aliphatic heterocycles. The third-order valence-electron chi connectivity index (χ3n) is 2.92. The fourth-order valence-electron chi connectivity index (χ4n) is 1.96. The average Bonchev–Trinajstić information content (AvgIpc) is 2.79. The second-order valence-corrected chi connectivity index (χ2v) is 4.40. The maximum absolute atomic E-state index is 11.3. The van der Waals surface area contributed by atoms with Crippen molar-refractivity contribution in [1.29, 1.82) is 0 Å². The molecule has 5 nitrogen and oxygen atoms in total. The molecule has 0 aliphatic rings. The summed E-state index contributed by atoms with van der Waals surface area (Å²) in [5, 5.41) is 4.25. The van der Waals surface area contributed by atoms with Gasteiger partial charge in [0.15, 0.2) is 6.61 Å². The van der Waals surface area contributed by atoms with Crippen LogP contribution in [0.2, 0.25) is 0 Å². The van der Waals surface area contributed by atoms with Gasteiger partial charge in [0, 0.05) is 18.7 Å². The Kier molecular flexibility index (Phi) is 4.40. The van der Waals surface area contributed by atoms with E-state index in [0.717, 1.165) is 16.8 Å². The normalized spacial score (nSPS) is 10.3. The van der Waals surface area contributed by atoms with E-state index in [1.54, 1.807) is 11.6 Å². The van der Waals surface area contributed by atoms with E-state index in [-0.39, 0.29) is 6.61 Å². The van der Waals surface area contributed by atoms with E-state index in [1.165, 1.54) is 0 Å². The van der Waals surface area contributed by atoms with Gasteiger partial charge >= 0.3 is 5.97 Å². The summed E-state index contributed by atoms with van der Waals surface area (Å²) in [6.45, 7) is 4.02. The van der Waals surface area contributed by atoms with Crippen LogP contribution in [0, 0.1) is 6.92 Å². The summed E-state index contributed by atoms with van der Waals surface area (Å²) < 4.78 is 11.9. The lowest BCUT2D eigenvalue weighted by Gasteiger charge is -2.04. The number of hydrogen-bond donors (Lipinski definition) is 0. The lowest BCUT2D eigenvalue weighted by atomic mass is 10.1. The minimum Gasteiger partial charge on any atom is -0.465 e. The monoisotopic (exact) mass is 274 g/mol. The Morgan fingerprint density at radius 3 is 2.80 bits per heavy atom. The van der Waals surface area contributed by atoms with Crippen molar-refractivity contribution in [3.05, 3.63) is 35.9 Å². The van der Waals surface area contributed by atoms with Gasteiger partial charge in [-0.05, 0) is 19.4 Å². The zero-order chi connectivity index (χ0) is 14.5. The van der Waals surface area contributed by atoms with E-state index in [1.807, 2.05) is 44.3 Å². The van der Waals surface area contributed by atoms with Crippen LogP contribution in [-0.4, -0.2) is 29.0 Å². The van der Waals surface area contributed by atoms with Gasteiger partial charge in [-0.1, -0.05) is 24.3 Å². The van der Waals surface area contributed by atoms with Gasteiger partial charge < -0.3 is 9.47 Å². The molecule has 106 valence electrons. The Hall–Kier alpha value is -2.30. The molecule has 0 spiro atoms. The van der Waals surface area contributed by atoms with E-state index < -0.39 is 5.97 Å². The molecule has 1 heterocycles. The van der Waals surface area contributed by atoms with E-state index in [4.69, 9.17) is 9.47 Å². The molecule has 0 bridgehead atoms. The summed E-state index contributed by atoms with van der Waals surface area (Å²) in [5.41, 5.74) is 3.20. The molecule has 0 saturated carbocycles. The second kappa shape index (κ2) is 6.23. The highest BCUT2D eigenvalue weighted by molar-refractivity contribution is 5.71. The van der Waals surface area contributed by atoms with Crippen LogP contribution in [-0.2, 0) is 16.6 Å². The van der Waals surface area contributed by atoms with Crippen molar-refractivity contribution < 1.29 is 14.3 Å². The van der Waals surface area contributed by atoms with Crippen LogP contribution >= 0.6 is 0 Å². The molecule has 0 aliphatic carbocycles. The third-order valence-corrected chi connectivity index (χ3v) is 2.92.